The number of alkyl halides is 2. The number of rotatable bonds is 2. The van der Waals surface area contributed by atoms with E-state index in [1.807, 2.05) is 20.8 Å². The molecule has 1 aliphatic carbocycles. The maximum absolute atomic E-state index is 13.6. The van der Waals surface area contributed by atoms with Crippen LogP contribution < -0.4 is 5.32 Å². The number of allylic oxidation sites excluding steroid dienone is 1. The van der Waals surface area contributed by atoms with E-state index in [1.54, 1.807) is 0 Å². The van der Waals surface area contributed by atoms with Crippen LogP contribution in [0.25, 0.3) is 0 Å². The number of carbonyl (C=O) groups excluding carboxylic acids is 1. The van der Waals surface area contributed by atoms with Crippen molar-refractivity contribution in [2.45, 2.75) is 57.1 Å². The number of amides is 1. The zero-order chi connectivity index (χ0) is 13.2. The molecule has 3 atom stereocenters. The quantitative estimate of drug-likeness (QED) is 0.600. The van der Waals surface area contributed by atoms with Gasteiger partial charge >= 0.3 is 0 Å². The third kappa shape index (κ3) is 4.30. The zero-order valence-corrected chi connectivity index (χ0v) is 11.5. The molecule has 2 nitrogen and oxygen atoms in total. The Bertz CT molecular complexity index is 311. The van der Waals surface area contributed by atoms with E-state index in [4.69, 9.17) is 11.6 Å². The summed E-state index contributed by atoms with van der Waals surface area (Å²) in [6.07, 6.45) is 0.471. The van der Waals surface area contributed by atoms with Crippen LogP contribution >= 0.6 is 11.6 Å². The van der Waals surface area contributed by atoms with Gasteiger partial charge in [-0.25, -0.2) is 4.39 Å². The fourth-order valence-electron chi connectivity index (χ4n) is 2.08. The Morgan fingerprint density at radius 1 is 1.53 bits per heavy atom. The molecule has 3 unspecified atom stereocenters. The summed E-state index contributed by atoms with van der Waals surface area (Å²) >= 11 is 5.83. The van der Waals surface area contributed by atoms with Gasteiger partial charge in [0.25, 0.3) is 0 Å². The standard InChI is InChI=1S/C13H21ClFNO/c1-8-9(5-6-10(14)12(8)15)7-11(17)16-13(2,3)4/h9-10,12H,1,5-7H2,2-4H3,(H,16,17). The Hall–Kier alpha value is -0.570. The van der Waals surface area contributed by atoms with Crippen LogP contribution in [0.3, 0.4) is 0 Å². The molecule has 1 fully saturated rings. The minimum atomic E-state index is -1.18. The lowest BCUT2D eigenvalue weighted by Crippen LogP contribution is -2.42. The van der Waals surface area contributed by atoms with Crippen molar-refractivity contribution in [2.75, 3.05) is 0 Å². The first-order valence-corrected chi connectivity index (χ1v) is 6.42. The minimum absolute atomic E-state index is 0.0520. The molecule has 0 bridgehead atoms. The summed E-state index contributed by atoms with van der Waals surface area (Å²) in [6, 6.07) is 0. The lowest BCUT2D eigenvalue weighted by Gasteiger charge is -2.31. The monoisotopic (exact) mass is 261 g/mol. The molecule has 1 rings (SSSR count). The minimum Gasteiger partial charge on any atom is -0.351 e. The average molecular weight is 262 g/mol. The summed E-state index contributed by atoms with van der Waals surface area (Å²) in [7, 11) is 0. The number of nitrogens with one attached hydrogen (secondary N) is 1. The molecule has 0 aromatic heterocycles. The van der Waals surface area contributed by atoms with E-state index in [2.05, 4.69) is 11.9 Å². The molecule has 4 heteroatoms. The molecule has 0 aromatic rings. The molecule has 0 aromatic carbocycles. The summed E-state index contributed by atoms with van der Waals surface area (Å²) in [5.41, 5.74) is 0.220. The molecule has 1 amide bonds. The second kappa shape index (κ2) is 5.38. The number of halogens is 2. The first kappa shape index (κ1) is 14.5. The van der Waals surface area contributed by atoms with E-state index >= 15 is 0 Å². The van der Waals surface area contributed by atoms with Crippen LogP contribution in [0.1, 0.15) is 40.0 Å². The highest BCUT2D eigenvalue weighted by Crippen LogP contribution is 2.35. The van der Waals surface area contributed by atoms with E-state index in [-0.39, 0.29) is 17.4 Å². The first-order valence-electron chi connectivity index (χ1n) is 5.98. The van der Waals surface area contributed by atoms with E-state index in [0.29, 0.717) is 18.4 Å². The summed E-state index contributed by atoms with van der Waals surface area (Å²) in [5.74, 6) is -0.133. The highest BCUT2D eigenvalue weighted by atomic mass is 35.5. The highest BCUT2D eigenvalue weighted by Gasteiger charge is 2.33. The molecular weight excluding hydrogens is 241 g/mol. The van der Waals surface area contributed by atoms with Gasteiger partial charge < -0.3 is 5.32 Å². The fraction of sp³-hybridized carbons (Fsp3) is 0.769. The highest BCUT2D eigenvalue weighted by molar-refractivity contribution is 6.21. The Labute approximate surface area is 108 Å². The van der Waals surface area contributed by atoms with Crippen molar-refractivity contribution < 1.29 is 9.18 Å². The van der Waals surface area contributed by atoms with Crippen LogP contribution in [0.2, 0.25) is 0 Å². The molecule has 1 aliphatic rings. The van der Waals surface area contributed by atoms with Gasteiger partial charge in [0.2, 0.25) is 5.91 Å². The average Bonchev–Trinajstić information content (AvgIpc) is 2.16. The third-order valence-corrected chi connectivity index (χ3v) is 3.37. The lowest BCUT2D eigenvalue weighted by molar-refractivity contribution is -0.123. The first-order chi connectivity index (χ1) is 7.70. The predicted octanol–water partition coefficient (Wildman–Crippen LogP) is 3.20. The predicted molar refractivity (Wildman–Crippen MR) is 68.9 cm³/mol. The van der Waals surface area contributed by atoms with Gasteiger partial charge in [-0.1, -0.05) is 6.58 Å². The Kier molecular flexibility index (Phi) is 4.59. The van der Waals surface area contributed by atoms with Crippen LogP contribution in [0.5, 0.6) is 0 Å². The maximum atomic E-state index is 13.6. The van der Waals surface area contributed by atoms with E-state index in [0.717, 1.165) is 6.42 Å². The number of carbonyl (C=O) groups is 1. The van der Waals surface area contributed by atoms with Crippen molar-refractivity contribution in [3.05, 3.63) is 12.2 Å². The van der Waals surface area contributed by atoms with Gasteiger partial charge in [-0.05, 0) is 45.1 Å². The van der Waals surface area contributed by atoms with Gasteiger partial charge in [-0.15, -0.1) is 11.6 Å². The molecule has 1 N–H and O–H groups in total. The largest absolute Gasteiger partial charge is 0.351 e. The molecule has 0 radical (unpaired) electrons. The number of hydrogen-bond acceptors (Lipinski definition) is 1. The van der Waals surface area contributed by atoms with Crippen LogP contribution in [0, 0.1) is 5.92 Å². The van der Waals surface area contributed by atoms with Crippen LogP contribution in [0.15, 0.2) is 12.2 Å². The summed E-state index contributed by atoms with van der Waals surface area (Å²) in [4.78, 5) is 11.8. The Morgan fingerprint density at radius 2 is 2.12 bits per heavy atom. The molecular formula is C13H21ClFNO. The topological polar surface area (TPSA) is 29.1 Å². The summed E-state index contributed by atoms with van der Waals surface area (Å²) in [6.45, 7) is 9.51. The van der Waals surface area contributed by atoms with Crippen LogP contribution in [0.4, 0.5) is 4.39 Å². The van der Waals surface area contributed by atoms with Crippen molar-refractivity contribution in [3.8, 4) is 0 Å². The smallest absolute Gasteiger partial charge is 0.220 e. The van der Waals surface area contributed by atoms with Crippen molar-refractivity contribution >= 4 is 17.5 Å². The van der Waals surface area contributed by atoms with Crippen LogP contribution in [-0.2, 0) is 4.79 Å². The SMILES string of the molecule is C=C1C(CC(=O)NC(C)(C)C)CCC(Cl)C1F. The van der Waals surface area contributed by atoms with Crippen molar-refractivity contribution in [2.24, 2.45) is 5.92 Å². The number of hydrogen-bond donors (Lipinski definition) is 1. The normalized spacial score (nSPS) is 30.2. The van der Waals surface area contributed by atoms with Gasteiger partial charge in [0, 0.05) is 12.0 Å². The zero-order valence-electron chi connectivity index (χ0n) is 10.7. The summed E-state index contributed by atoms with van der Waals surface area (Å²) < 4.78 is 13.6. The van der Waals surface area contributed by atoms with Gasteiger partial charge in [0.15, 0.2) is 0 Å². The molecule has 1 saturated carbocycles. The fourth-order valence-corrected chi connectivity index (χ4v) is 2.36. The van der Waals surface area contributed by atoms with Gasteiger partial charge in [-0.3, -0.25) is 4.79 Å². The van der Waals surface area contributed by atoms with Gasteiger partial charge in [-0.2, -0.15) is 0 Å². The van der Waals surface area contributed by atoms with E-state index in [1.165, 1.54) is 0 Å². The van der Waals surface area contributed by atoms with Gasteiger partial charge in [0.1, 0.15) is 6.17 Å². The second-order valence-electron chi connectivity index (χ2n) is 5.77. The molecule has 0 heterocycles. The van der Waals surface area contributed by atoms with Crippen molar-refractivity contribution in [1.82, 2.24) is 5.32 Å². The molecule has 17 heavy (non-hydrogen) atoms. The maximum Gasteiger partial charge on any atom is 0.220 e. The molecule has 0 spiro atoms. The molecule has 0 aliphatic heterocycles. The van der Waals surface area contributed by atoms with Crippen molar-refractivity contribution in [1.29, 1.82) is 0 Å². The van der Waals surface area contributed by atoms with Gasteiger partial charge in [0.05, 0.1) is 5.38 Å². The van der Waals surface area contributed by atoms with Crippen LogP contribution in [-0.4, -0.2) is 23.0 Å². The Balaban J connectivity index is 2.52. The Morgan fingerprint density at radius 3 is 2.65 bits per heavy atom. The molecule has 98 valence electrons. The van der Waals surface area contributed by atoms with Crippen molar-refractivity contribution in [3.63, 3.8) is 0 Å². The summed E-state index contributed by atoms with van der Waals surface area (Å²) in [5, 5.41) is 2.40. The second-order valence-corrected chi connectivity index (χ2v) is 6.33. The third-order valence-electron chi connectivity index (χ3n) is 2.93. The molecule has 0 saturated heterocycles. The van der Waals surface area contributed by atoms with E-state index < -0.39 is 11.5 Å². The lowest BCUT2D eigenvalue weighted by atomic mass is 9.81. The van der Waals surface area contributed by atoms with E-state index in [9.17, 15) is 9.18 Å².